The molecule has 1 aliphatic heterocycles. The molecule has 1 aliphatic rings. The van der Waals surface area contributed by atoms with Crippen LogP contribution in [0.1, 0.15) is 12.8 Å². The van der Waals surface area contributed by atoms with Crippen LogP contribution >= 0.6 is 0 Å². The molecule has 7 heteroatoms. The Morgan fingerprint density at radius 3 is 2.57 bits per heavy atom. The van der Waals surface area contributed by atoms with E-state index in [2.05, 4.69) is 20.3 Å². The number of nitrogens with one attached hydrogen (secondary N) is 1. The summed E-state index contributed by atoms with van der Waals surface area (Å²) in [6.45, 7) is 2.32. The second-order valence-electron chi connectivity index (χ2n) is 5.09. The molecule has 1 amide bonds. The largest absolute Gasteiger partial charge is 0.372 e. The minimum Gasteiger partial charge on any atom is -0.372 e. The van der Waals surface area contributed by atoms with Crippen LogP contribution in [-0.4, -0.2) is 33.8 Å². The smallest absolute Gasteiger partial charge is 0.246 e. The maximum atomic E-state index is 11.9. The molecule has 110 valence electrons. The van der Waals surface area contributed by atoms with Crippen LogP contribution in [0.3, 0.4) is 0 Å². The average Bonchev–Trinajstić information content (AvgIpc) is 3.11. The van der Waals surface area contributed by atoms with Gasteiger partial charge < -0.3 is 16.0 Å². The van der Waals surface area contributed by atoms with E-state index in [0.717, 1.165) is 18.8 Å². The first-order valence-electron chi connectivity index (χ1n) is 7.00. The normalized spacial score (nSPS) is 14.4. The first kappa shape index (κ1) is 13.4. The monoisotopic (exact) mass is 286 g/mol. The topological polar surface area (TPSA) is 89.1 Å². The van der Waals surface area contributed by atoms with Crippen LogP contribution in [0.15, 0.2) is 30.6 Å². The van der Waals surface area contributed by atoms with Crippen molar-refractivity contribution in [3.05, 3.63) is 30.6 Å². The SMILES string of the molecule is Nc1ncn(CC(=O)Nc2ccc(N3CCCC3)cc2)n1. The van der Waals surface area contributed by atoms with Crippen molar-refractivity contribution in [1.82, 2.24) is 14.8 Å². The molecule has 0 bridgehead atoms. The highest BCUT2D eigenvalue weighted by molar-refractivity contribution is 5.90. The van der Waals surface area contributed by atoms with E-state index in [-0.39, 0.29) is 18.4 Å². The lowest BCUT2D eigenvalue weighted by Crippen LogP contribution is -2.20. The number of carbonyl (C=O) groups is 1. The second kappa shape index (κ2) is 5.82. The Hall–Kier alpha value is -2.57. The third kappa shape index (κ3) is 3.31. The van der Waals surface area contributed by atoms with Crippen LogP contribution < -0.4 is 16.0 Å². The number of anilines is 3. The minimum absolute atomic E-state index is 0.0953. The highest BCUT2D eigenvalue weighted by atomic mass is 16.2. The maximum Gasteiger partial charge on any atom is 0.246 e. The van der Waals surface area contributed by atoms with E-state index >= 15 is 0 Å². The van der Waals surface area contributed by atoms with Crippen molar-refractivity contribution in [2.24, 2.45) is 0 Å². The molecule has 0 spiro atoms. The zero-order valence-corrected chi connectivity index (χ0v) is 11.7. The van der Waals surface area contributed by atoms with Gasteiger partial charge in [0.25, 0.3) is 0 Å². The third-order valence-electron chi connectivity index (χ3n) is 3.48. The van der Waals surface area contributed by atoms with Crippen molar-refractivity contribution in [1.29, 1.82) is 0 Å². The number of amides is 1. The van der Waals surface area contributed by atoms with Crippen molar-refractivity contribution in [3.63, 3.8) is 0 Å². The fourth-order valence-electron chi connectivity index (χ4n) is 2.46. The number of carbonyl (C=O) groups excluding carboxylic acids is 1. The summed E-state index contributed by atoms with van der Waals surface area (Å²) in [4.78, 5) is 18.0. The summed E-state index contributed by atoms with van der Waals surface area (Å²) in [5.41, 5.74) is 7.38. The maximum absolute atomic E-state index is 11.9. The number of benzene rings is 1. The first-order valence-corrected chi connectivity index (χ1v) is 7.00. The van der Waals surface area contributed by atoms with Crippen molar-refractivity contribution in [3.8, 4) is 0 Å². The molecule has 3 rings (SSSR count). The van der Waals surface area contributed by atoms with Crippen LogP contribution in [0.2, 0.25) is 0 Å². The van der Waals surface area contributed by atoms with E-state index < -0.39 is 0 Å². The number of hydrogen-bond acceptors (Lipinski definition) is 5. The molecule has 0 saturated carbocycles. The Balaban J connectivity index is 1.58. The third-order valence-corrected chi connectivity index (χ3v) is 3.48. The molecule has 21 heavy (non-hydrogen) atoms. The van der Waals surface area contributed by atoms with Crippen LogP contribution in [0, 0.1) is 0 Å². The molecule has 0 atom stereocenters. The highest BCUT2D eigenvalue weighted by Gasteiger charge is 2.12. The standard InChI is InChI=1S/C14H18N6O/c15-14-16-10-20(18-14)9-13(21)17-11-3-5-12(6-4-11)19-7-1-2-8-19/h3-6,10H,1-2,7-9H2,(H2,15,18)(H,17,21). The zero-order valence-electron chi connectivity index (χ0n) is 11.7. The van der Waals surface area contributed by atoms with Crippen molar-refractivity contribution in [2.75, 3.05) is 29.0 Å². The van der Waals surface area contributed by atoms with Gasteiger partial charge in [-0.05, 0) is 37.1 Å². The fourth-order valence-corrected chi connectivity index (χ4v) is 2.46. The van der Waals surface area contributed by atoms with Crippen LogP contribution in [-0.2, 0) is 11.3 Å². The van der Waals surface area contributed by atoms with Crippen LogP contribution in [0.25, 0.3) is 0 Å². The zero-order chi connectivity index (χ0) is 14.7. The second-order valence-corrected chi connectivity index (χ2v) is 5.09. The fraction of sp³-hybridized carbons (Fsp3) is 0.357. The highest BCUT2D eigenvalue weighted by Crippen LogP contribution is 2.21. The molecule has 0 unspecified atom stereocenters. The number of nitrogens with zero attached hydrogens (tertiary/aromatic N) is 4. The number of aromatic nitrogens is 3. The van der Waals surface area contributed by atoms with Gasteiger partial charge in [0.15, 0.2) is 0 Å². The minimum atomic E-state index is -0.158. The van der Waals surface area contributed by atoms with Gasteiger partial charge in [-0.15, -0.1) is 5.10 Å². The summed E-state index contributed by atoms with van der Waals surface area (Å²) < 4.78 is 1.41. The molecule has 7 nitrogen and oxygen atoms in total. The predicted octanol–water partition coefficient (Wildman–Crippen LogP) is 1.10. The van der Waals surface area contributed by atoms with Crippen molar-refractivity contribution >= 4 is 23.2 Å². The van der Waals surface area contributed by atoms with Crippen LogP contribution in [0.5, 0.6) is 0 Å². The Morgan fingerprint density at radius 1 is 1.24 bits per heavy atom. The van der Waals surface area contributed by atoms with Gasteiger partial charge in [-0.2, -0.15) is 0 Å². The number of nitrogen functional groups attached to an aromatic ring is 1. The van der Waals surface area contributed by atoms with Crippen molar-refractivity contribution in [2.45, 2.75) is 19.4 Å². The summed E-state index contributed by atoms with van der Waals surface area (Å²) in [6.07, 6.45) is 3.93. The van der Waals surface area contributed by atoms with E-state index in [1.165, 1.54) is 29.5 Å². The lowest BCUT2D eigenvalue weighted by Gasteiger charge is -2.17. The molecule has 1 aromatic heterocycles. The van der Waals surface area contributed by atoms with Gasteiger partial charge in [-0.25, -0.2) is 9.67 Å². The van der Waals surface area contributed by atoms with Crippen LogP contribution in [0.4, 0.5) is 17.3 Å². The molecule has 2 aromatic rings. The molecular weight excluding hydrogens is 268 g/mol. The molecular formula is C14H18N6O. The summed E-state index contributed by atoms with van der Waals surface area (Å²) in [7, 11) is 0. The lowest BCUT2D eigenvalue weighted by molar-refractivity contribution is -0.116. The van der Waals surface area contributed by atoms with E-state index in [0.29, 0.717) is 0 Å². The summed E-state index contributed by atoms with van der Waals surface area (Å²) in [6, 6.07) is 7.91. The number of hydrogen-bond donors (Lipinski definition) is 2. The predicted molar refractivity (Wildman–Crippen MR) is 81.0 cm³/mol. The van der Waals surface area contributed by atoms with E-state index in [4.69, 9.17) is 5.73 Å². The van der Waals surface area contributed by atoms with Gasteiger partial charge in [-0.3, -0.25) is 4.79 Å². The van der Waals surface area contributed by atoms with Gasteiger partial charge in [0.2, 0.25) is 11.9 Å². The van der Waals surface area contributed by atoms with E-state index in [1.807, 2.05) is 24.3 Å². The Labute approximate surface area is 122 Å². The first-order chi connectivity index (χ1) is 10.2. The van der Waals surface area contributed by atoms with E-state index in [1.54, 1.807) is 0 Å². The number of rotatable bonds is 4. The van der Waals surface area contributed by atoms with Gasteiger partial charge in [0.05, 0.1) is 0 Å². The molecule has 0 radical (unpaired) electrons. The summed E-state index contributed by atoms with van der Waals surface area (Å²) >= 11 is 0. The Kier molecular flexibility index (Phi) is 3.72. The summed E-state index contributed by atoms with van der Waals surface area (Å²) in [5, 5.41) is 6.71. The van der Waals surface area contributed by atoms with E-state index in [9.17, 15) is 4.79 Å². The molecule has 3 N–H and O–H groups in total. The molecule has 1 saturated heterocycles. The van der Waals surface area contributed by atoms with Crippen molar-refractivity contribution < 1.29 is 4.79 Å². The quantitative estimate of drug-likeness (QED) is 0.878. The van der Waals surface area contributed by atoms with Gasteiger partial charge >= 0.3 is 0 Å². The molecule has 1 aromatic carbocycles. The molecule has 2 heterocycles. The Bertz CT molecular complexity index is 615. The lowest BCUT2D eigenvalue weighted by atomic mass is 10.2. The molecule has 1 fully saturated rings. The number of nitrogens with two attached hydrogens (primary N) is 1. The van der Waals surface area contributed by atoms with Gasteiger partial charge in [0, 0.05) is 24.5 Å². The summed E-state index contributed by atoms with van der Waals surface area (Å²) in [5.74, 6) is 0.00610. The van der Waals surface area contributed by atoms with Gasteiger partial charge in [0.1, 0.15) is 12.9 Å². The average molecular weight is 286 g/mol. The Morgan fingerprint density at radius 2 is 1.95 bits per heavy atom. The molecule has 0 aliphatic carbocycles. The van der Waals surface area contributed by atoms with Gasteiger partial charge in [-0.1, -0.05) is 0 Å².